The summed E-state index contributed by atoms with van der Waals surface area (Å²) in [7, 11) is 0. The fourth-order valence-corrected chi connectivity index (χ4v) is 3.15. The van der Waals surface area contributed by atoms with Crippen LogP contribution in [0.25, 0.3) is 0 Å². The molecule has 0 radical (unpaired) electrons. The molecule has 3 rings (SSSR count). The minimum Gasteiger partial charge on any atom is -0.397 e. The van der Waals surface area contributed by atoms with Crippen molar-refractivity contribution in [3.63, 3.8) is 0 Å². The van der Waals surface area contributed by atoms with Gasteiger partial charge in [-0.05, 0) is 40.2 Å². The second kappa shape index (κ2) is 7.16. The number of nitrogens with two attached hydrogens (primary N) is 2. The molecule has 1 aliphatic rings. The number of nitrogen functional groups attached to an aromatic ring is 2. The van der Waals surface area contributed by atoms with Crippen molar-refractivity contribution in [2.75, 3.05) is 36.5 Å². The molecule has 1 saturated heterocycles. The molecule has 5 N–H and O–H groups in total. The predicted octanol–water partition coefficient (Wildman–Crippen LogP) is 3.15. The van der Waals surface area contributed by atoms with Crippen LogP contribution in [0, 0.1) is 17.2 Å². The molecule has 2 aromatic heterocycles. The maximum absolute atomic E-state index is 10.8. The topological polar surface area (TPSA) is 129 Å². The van der Waals surface area contributed by atoms with Gasteiger partial charge >= 0.3 is 0 Å². The van der Waals surface area contributed by atoms with Crippen LogP contribution >= 0.6 is 15.9 Å². The van der Waals surface area contributed by atoms with Crippen molar-refractivity contribution in [3.05, 3.63) is 38.5 Å². The number of rotatable bonds is 6. The Labute approximate surface area is 159 Å². The molecule has 138 valence electrons. The van der Waals surface area contributed by atoms with E-state index in [9.17, 15) is 4.91 Å². The van der Waals surface area contributed by atoms with Crippen molar-refractivity contribution >= 4 is 38.9 Å². The summed E-state index contributed by atoms with van der Waals surface area (Å²) in [6.45, 7) is 6.21. The fourth-order valence-electron chi connectivity index (χ4n) is 2.79. The molecule has 3 heterocycles. The summed E-state index contributed by atoms with van der Waals surface area (Å²) in [5, 5.41) is 6.19. The zero-order valence-electron chi connectivity index (χ0n) is 14.7. The Bertz CT molecular complexity index is 854. The summed E-state index contributed by atoms with van der Waals surface area (Å²) in [4.78, 5) is 19.6. The molecule has 2 aromatic rings. The van der Waals surface area contributed by atoms with Gasteiger partial charge in [-0.15, -0.1) is 4.91 Å². The summed E-state index contributed by atoms with van der Waals surface area (Å²) >= 11 is 3.52. The molecule has 0 bridgehead atoms. The van der Waals surface area contributed by atoms with Gasteiger partial charge in [0.05, 0.1) is 23.4 Å². The lowest BCUT2D eigenvalue weighted by Crippen LogP contribution is -2.45. The first-order chi connectivity index (χ1) is 12.3. The lowest BCUT2D eigenvalue weighted by Gasteiger charge is -2.38. The normalized spacial score (nSPS) is 15.3. The number of hydrogen-bond acceptors (Lipinski definition) is 8. The average Bonchev–Trinajstić information content (AvgIpc) is 2.60. The van der Waals surface area contributed by atoms with Crippen LogP contribution in [-0.4, -0.2) is 29.7 Å². The molecule has 0 aromatic carbocycles. The Morgan fingerprint density at radius 3 is 2.65 bits per heavy atom. The first-order valence-corrected chi connectivity index (χ1v) is 8.97. The standard InChI is InChI=1S/C17H21BrN6O2/c1-9-11(13(19)14(20)16(22-9)24-25)5-10-3-4-12(18)15(23-10)21-6-17(2)7-26-8-17/h3-4H,5-8,20H2,1-2H3,(H2,19,22)(H,21,23). The first-order valence-electron chi connectivity index (χ1n) is 8.18. The minimum absolute atomic E-state index is 0.0779. The van der Waals surface area contributed by atoms with Gasteiger partial charge in [0.1, 0.15) is 11.5 Å². The number of aryl methyl sites for hydroxylation is 1. The van der Waals surface area contributed by atoms with Gasteiger partial charge in [0.15, 0.2) is 0 Å². The summed E-state index contributed by atoms with van der Waals surface area (Å²) in [5.74, 6) is 0.685. The number of nitrogens with zero attached hydrogens (tertiary/aromatic N) is 3. The number of pyridine rings is 2. The number of aromatic nitrogens is 2. The van der Waals surface area contributed by atoms with Gasteiger partial charge < -0.3 is 21.5 Å². The van der Waals surface area contributed by atoms with Crippen LogP contribution in [0.4, 0.5) is 23.0 Å². The zero-order chi connectivity index (χ0) is 18.9. The van der Waals surface area contributed by atoms with Crippen LogP contribution in [0.5, 0.6) is 0 Å². The van der Waals surface area contributed by atoms with E-state index in [1.807, 2.05) is 12.1 Å². The maximum atomic E-state index is 10.8. The Morgan fingerprint density at radius 1 is 1.31 bits per heavy atom. The Balaban J connectivity index is 1.83. The highest BCUT2D eigenvalue weighted by molar-refractivity contribution is 9.10. The summed E-state index contributed by atoms with van der Waals surface area (Å²) < 4.78 is 6.16. The van der Waals surface area contributed by atoms with E-state index < -0.39 is 0 Å². The van der Waals surface area contributed by atoms with Gasteiger partial charge in [-0.25, -0.2) is 9.97 Å². The maximum Gasteiger partial charge on any atom is 0.222 e. The Hall–Kier alpha value is -2.26. The third-order valence-corrected chi connectivity index (χ3v) is 5.14. The highest BCUT2D eigenvalue weighted by Gasteiger charge is 2.33. The number of nitrogens with one attached hydrogen (secondary N) is 1. The van der Waals surface area contributed by atoms with E-state index in [-0.39, 0.29) is 16.9 Å². The quantitative estimate of drug-likeness (QED) is 0.611. The summed E-state index contributed by atoms with van der Waals surface area (Å²) in [5.41, 5.74) is 14.7. The van der Waals surface area contributed by atoms with E-state index >= 15 is 0 Å². The second-order valence-corrected chi connectivity index (χ2v) is 7.74. The Kier molecular flexibility index (Phi) is 5.10. The summed E-state index contributed by atoms with van der Waals surface area (Å²) in [6, 6.07) is 3.85. The van der Waals surface area contributed by atoms with E-state index in [1.165, 1.54) is 0 Å². The lowest BCUT2D eigenvalue weighted by atomic mass is 9.89. The molecule has 0 amide bonds. The smallest absolute Gasteiger partial charge is 0.222 e. The minimum atomic E-state index is -0.0779. The van der Waals surface area contributed by atoms with Crippen molar-refractivity contribution < 1.29 is 4.74 Å². The van der Waals surface area contributed by atoms with E-state index in [2.05, 4.69) is 43.3 Å². The molecule has 8 nitrogen and oxygen atoms in total. The van der Waals surface area contributed by atoms with E-state index in [4.69, 9.17) is 16.2 Å². The lowest BCUT2D eigenvalue weighted by molar-refractivity contribution is -0.0924. The van der Waals surface area contributed by atoms with Crippen LogP contribution in [0.1, 0.15) is 23.9 Å². The van der Waals surface area contributed by atoms with Gasteiger partial charge in [0, 0.05) is 35.3 Å². The molecule has 1 fully saturated rings. The van der Waals surface area contributed by atoms with Gasteiger partial charge in [-0.3, -0.25) is 0 Å². The largest absolute Gasteiger partial charge is 0.397 e. The molecule has 9 heteroatoms. The van der Waals surface area contributed by atoms with Crippen LogP contribution in [0.3, 0.4) is 0 Å². The van der Waals surface area contributed by atoms with Gasteiger partial charge in [-0.1, -0.05) is 6.92 Å². The molecule has 0 atom stereocenters. The molecule has 0 spiro atoms. The van der Waals surface area contributed by atoms with Crippen LogP contribution in [0.15, 0.2) is 21.8 Å². The second-order valence-electron chi connectivity index (χ2n) is 6.88. The van der Waals surface area contributed by atoms with Crippen LogP contribution in [0.2, 0.25) is 0 Å². The average molecular weight is 421 g/mol. The molecule has 26 heavy (non-hydrogen) atoms. The third kappa shape index (κ3) is 3.63. The van der Waals surface area contributed by atoms with Crippen molar-refractivity contribution in [2.24, 2.45) is 10.6 Å². The molecule has 0 unspecified atom stereocenters. The number of hydrogen-bond donors (Lipinski definition) is 3. The molecule has 1 aliphatic heterocycles. The van der Waals surface area contributed by atoms with Crippen molar-refractivity contribution in [1.29, 1.82) is 0 Å². The molecular weight excluding hydrogens is 400 g/mol. The number of nitroso groups, excluding NO2 is 1. The number of anilines is 3. The van der Waals surface area contributed by atoms with Gasteiger partial charge in [-0.2, -0.15) is 0 Å². The fraction of sp³-hybridized carbons (Fsp3) is 0.412. The van der Waals surface area contributed by atoms with E-state index in [0.717, 1.165) is 41.3 Å². The number of halogens is 1. The van der Waals surface area contributed by atoms with E-state index in [0.29, 0.717) is 17.8 Å². The Morgan fingerprint density at radius 2 is 2.04 bits per heavy atom. The molecule has 0 aliphatic carbocycles. The SMILES string of the molecule is Cc1nc(N=O)c(N)c(N)c1Cc1ccc(Br)c(NCC2(C)COC2)n1. The molecular formula is C17H21BrN6O2. The highest BCUT2D eigenvalue weighted by atomic mass is 79.9. The zero-order valence-corrected chi connectivity index (χ0v) is 16.3. The van der Waals surface area contributed by atoms with Crippen molar-refractivity contribution in [1.82, 2.24) is 9.97 Å². The van der Waals surface area contributed by atoms with Crippen molar-refractivity contribution in [2.45, 2.75) is 20.3 Å². The third-order valence-electron chi connectivity index (χ3n) is 4.50. The van der Waals surface area contributed by atoms with Crippen LogP contribution < -0.4 is 16.8 Å². The number of ether oxygens (including phenoxy) is 1. The predicted molar refractivity (Wildman–Crippen MR) is 105 cm³/mol. The monoisotopic (exact) mass is 420 g/mol. The highest BCUT2D eigenvalue weighted by Crippen LogP contribution is 2.33. The van der Waals surface area contributed by atoms with E-state index in [1.54, 1.807) is 6.92 Å². The van der Waals surface area contributed by atoms with Crippen LogP contribution in [-0.2, 0) is 11.2 Å². The molecule has 0 saturated carbocycles. The van der Waals surface area contributed by atoms with Gasteiger partial charge in [0.2, 0.25) is 5.82 Å². The van der Waals surface area contributed by atoms with Gasteiger partial charge in [0.25, 0.3) is 0 Å². The van der Waals surface area contributed by atoms with Crippen molar-refractivity contribution in [3.8, 4) is 0 Å². The first kappa shape index (κ1) is 18.5. The summed E-state index contributed by atoms with van der Waals surface area (Å²) in [6.07, 6.45) is 0.455.